The van der Waals surface area contributed by atoms with Crippen molar-refractivity contribution in [2.45, 2.75) is 0 Å². The number of methoxy groups -OCH3 is 1. The minimum Gasteiger partial charge on any atom is -0.497 e. The van der Waals surface area contributed by atoms with Crippen LogP contribution in [-0.4, -0.2) is 43.2 Å². The number of hydrogen-bond acceptors (Lipinski definition) is 6. The van der Waals surface area contributed by atoms with E-state index in [0.29, 0.717) is 30.4 Å². The molecule has 0 saturated heterocycles. The fourth-order valence-corrected chi connectivity index (χ4v) is 2.49. The summed E-state index contributed by atoms with van der Waals surface area (Å²) in [6.45, 7) is 0.726. The van der Waals surface area contributed by atoms with Crippen molar-refractivity contribution in [2.24, 2.45) is 0 Å². The Balaban J connectivity index is 1.47. The number of nitrogens with zero attached hydrogens (tertiary/aromatic N) is 3. The quantitative estimate of drug-likeness (QED) is 0.607. The molecule has 0 spiro atoms. The molecule has 0 aliphatic rings. The van der Waals surface area contributed by atoms with Crippen LogP contribution < -0.4 is 19.7 Å². The number of para-hydroxylation sites is 1. The molecule has 144 valence electrons. The minimum absolute atomic E-state index is 0.243. The van der Waals surface area contributed by atoms with Crippen LogP contribution in [0.4, 0.5) is 11.6 Å². The number of aromatic nitrogens is 2. The van der Waals surface area contributed by atoms with Gasteiger partial charge >= 0.3 is 0 Å². The van der Waals surface area contributed by atoms with Crippen LogP contribution in [0.5, 0.6) is 11.5 Å². The third-order valence-corrected chi connectivity index (χ3v) is 4.06. The number of rotatable bonds is 8. The van der Waals surface area contributed by atoms with E-state index in [1.54, 1.807) is 7.11 Å². The smallest absolute Gasteiger partial charge is 0.254 e. The minimum atomic E-state index is -0.243. The van der Waals surface area contributed by atoms with Crippen molar-refractivity contribution in [3.63, 3.8) is 0 Å². The third-order valence-electron chi connectivity index (χ3n) is 4.06. The van der Waals surface area contributed by atoms with Gasteiger partial charge in [-0.1, -0.05) is 18.2 Å². The first kappa shape index (κ1) is 19.2. The zero-order valence-electron chi connectivity index (χ0n) is 15.8. The summed E-state index contributed by atoms with van der Waals surface area (Å²) in [7, 11) is 3.49. The Hall–Kier alpha value is -3.61. The number of carbonyl (C=O) groups is 1. The molecule has 0 atom stereocenters. The number of benzene rings is 2. The molecule has 7 heteroatoms. The van der Waals surface area contributed by atoms with E-state index in [2.05, 4.69) is 15.3 Å². The van der Waals surface area contributed by atoms with Crippen molar-refractivity contribution in [1.82, 2.24) is 15.3 Å². The summed E-state index contributed by atoms with van der Waals surface area (Å²) in [4.78, 5) is 22.6. The van der Waals surface area contributed by atoms with Crippen molar-refractivity contribution in [2.75, 3.05) is 32.2 Å². The fourth-order valence-electron chi connectivity index (χ4n) is 2.49. The molecule has 0 bridgehead atoms. The number of anilines is 2. The van der Waals surface area contributed by atoms with E-state index in [1.165, 1.54) is 12.4 Å². The Bertz CT molecular complexity index is 884. The van der Waals surface area contributed by atoms with Gasteiger partial charge in [-0.15, -0.1) is 0 Å². The van der Waals surface area contributed by atoms with Crippen molar-refractivity contribution < 1.29 is 14.3 Å². The van der Waals surface area contributed by atoms with Crippen molar-refractivity contribution in [3.05, 3.63) is 72.6 Å². The molecule has 0 fully saturated rings. The van der Waals surface area contributed by atoms with E-state index in [-0.39, 0.29) is 5.91 Å². The average molecular weight is 378 g/mol. The Labute approximate surface area is 164 Å². The topological polar surface area (TPSA) is 76.6 Å². The lowest BCUT2D eigenvalue weighted by Gasteiger charge is -2.16. The summed E-state index contributed by atoms with van der Waals surface area (Å²) < 4.78 is 10.7. The molecule has 0 aliphatic carbocycles. The second-order valence-corrected chi connectivity index (χ2v) is 5.95. The first-order chi connectivity index (χ1) is 13.7. The number of hydrogen-bond donors (Lipinski definition) is 1. The van der Waals surface area contributed by atoms with Crippen molar-refractivity contribution >= 4 is 17.5 Å². The van der Waals surface area contributed by atoms with Crippen LogP contribution in [0.3, 0.4) is 0 Å². The SMILES string of the molecule is COc1ccc(OCCNC(=O)c2cnc(N(C)c3ccccc3)nc2)cc1. The highest BCUT2D eigenvalue weighted by atomic mass is 16.5. The molecule has 0 aliphatic heterocycles. The molecule has 3 rings (SSSR count). The molecule has 28 heavy (non-hydrogen) atoms. The standard InChI is InChI=1S/C21H22N4O3/c1-25(17-6-4-3-5-7-17)21-23-14-16(15-24-21)20(26)22-12-13-28-19-10-8-18(27-2)9-11-19/h3-11,14-15H,12-13H2,1-2H3,(H,22,26). The zero-order valence-corrected chi connectivity index (χ0v) is 15.8. The molecular formula is C21H22N4O3. The molecule has 1 aromatic heterocycles. The van der Waals surface area contributed by atoms with Crippen molar-refractivity contribution in [3.8, 4) is 11.5 Å². The first-order valence-electron chi connectivity index (χ1n) is 8.83. The van der Waals surface area contributed by atoms with Gasteiger partial charge in [0.25, 0.3) is 5.91 Å². The zero-order chi connectivity index (χ0) is 19.8. The molecule has 3 aromatic rings. The highest BCUT2D eigenvalue weighted by Gasteiger charge is 2.10. The highest BCUT2D eigenvalue weighted by molar-refractivity contribution is 5.93. The van der Waals surface area contributed by atoms with Crippen LogP contribution in [0.2, 0.25) is 0 Å². The van der Waals surface area contributed by atoms with E-state index in [4.69, 9.17) is 9.47 Å². The maximum absolute atomic E-state index is 12.2. The van der Waals surface area contributed by atoms with Crippen LogP contribution in [-0.2, 0) is 0 Å². The van der Waals surface area contributed by atoms with Gasteiger partial charge in [0.15, 0.2) is 0 Å². The Morgan fingerprint density at radius 2 is 1.64 bits per heavy atom. The molecule has 0 unspecified atom stereocenters. The summed E-state index contributed by atoms with van der Waals surface area (Å²) in [6, 6.07) is 17.0. The van der Waals surface area contributed by atoms with Crippen molar-refractivity contribution in [1.29, 1.82) is 0 Å². The maximum atomic E-state index is 12.2. The highest BCUT2D eigenvalue weighted by Crippen LogP contribution is 2.19. The summed E-state index contributed by atoms with van der Waals surface area (Å²) in [5.74, 6) is 1.76. The molecule has 0 saturated carbocycles. The number of amides is 1. The summed E-state index contributed by atoms with van der Waals surface area (Å²) in [5, 5.41) is 2.79. The van der Waals surface area contributed by atoms with Gasteiger partial charge in [-0.3, -0.25) is 4.79 Å². The first-order valence-corrected chi connectivity index (χ1v) is 8.83. The number of carbonyl (C=O) groups excluding carboxylic acids is 1. The summed E-state index contributed by atoms with van der Waals surface area (Å²) in [5.41, 5.74) is 1.37. The van der Waals surface area contributed by atoms with Gasteiger partial charge in [0.05, 0.1) is 19.2 Å². The third kappa shape index (κ3) is 4.97. The molecule has 0 radical (unpaired) electrons. The van der Waals surface area contributed by atoms with Crippen LogP contribution in [0, 0.1) is 0 Å². The van der Waals surface area contributed by atoms with E-state index >= 15 is 0 Å². The van der Waals surface area contributed by atoms with E-state index < -0.39 is 0 Å². The van der Waals surface area contributed by atoms with Gasteiger partial charge in [-0.25, -0.2) is 9.97 Å². The number of ether oxygens (including phenoxy) is 2. The fraction of sp³-hybridized carbons (Fsp3) is 0.190. The van der Waals surface area contributed by atoms with Gasteiger partial charge in [-0.2, -0.15) is 0 Å². The second-order valence-electron chi connectivity index (χ2n) is 5.95. The largest absolute Gasteiger partial charge is 0.497 e. The predicted octanol–water partition coefficient (Wildman–Crippen LogP) is 3.06. The van der Waals surface area contributed by atoms with Gasteiger partial charge in [0.2, 0.25) is 5.95 Å². The molecule has 7 nitrogen and oxygen atoms in total. The Morgan fingerprint density at radius 3 is 2.29 bits per heavy atom. The normalized spacial score (nSPS) is 10.2. The number of nitrogens with one attached hydrogen (secondary N) is 1. The van der Waals surface area contributed by atoms with Gasteiger partial charge < -0.3 is 19.7 Å². The Kier molecular flexibility index (Phi) is 6.41. The maximum Gasteiger partial charge on any atom is 0.254 e. The van der Waals surface area contributed by atoms with Gasteiger partial charge in [0.1, 0.15) is 18.1 Å². The molecule has 1 amide bonds. The lowest BCUT2D eigenvalue weighted by Crippen LogP contribution is -2.28. The molecule has 2 aromatic carbocycles. The van der Waals surface area contributed by atoms with Crippen LogP contribution in [0.15, 0.2) is 67.0 Å². The average Bonchev–Trinajstić information content (AvgIpc) is 2.77. The van der Waals surface area contributed by atoms with Crippen LogP contribution in [0.1, 0.15) is 10.4 Å². The summed E-state index contributed by atoms with van der Waals surface area (Å²) in [6.07, 6.45) is 3.03. The van der Waals surface area contributed by atoms with E-state index in [9.17, 15) is 4.79 Å². The lowest BCUT2D eigenvalue weighted by atomic mass is 10.3. The predicted molar refractivity (Wildman–Crippen MR) is 107 cm³/mol. The molecule has 1 heterocycles. The Morgan fingerprint density at radius 1 is 1.00 bits per heavy atom. The van der Waals surface area contributed by atoms with Gasteiger partial charge in [0, 0.05) is 25.1 Å². The van der Waals surface area contributed by atoms with Gasteiger partial charge in [-0.05, 0) is 36.4 Å². The monoisotopic (exact) mass is 378 g/mol. The second kappa shape index (κ2) is 9.36. The van der Waals surface area contributed by atoms with E-state index in [0.717, 1.165) is 11.4 Å². The van der Waals surface area contributed by atoms with E-state index in [1.807, 2.05) is 66.5 Å². The van der Waals surface area contributed by atoms with Crippen LogP contribution >= 0.6 is 0 Å². The molecular weight excluding hydrogens is 356 g/mol. The summed E-state index contributed by atoms with van der Waals surface area (Å²) >= 11 is 0. The van der Waals surface area contributed by atoms with Crippen LogP contribution in [0.25, 0.3) is 0 Å². The molecule has 1 N–H and O–H groups in total. The lowest BCUT2D eigenvalue weighted by molar-refractivity contribution is 0.0946.